The van der Waals surface area contributed by atoms with E-state index in [-0.39, 0.29) is 55.0 Å². The SMILES string of the molecule is CNC(Cc1cc(F)c(F)cc1F)C1CC2CC[C@@H](C1)N2C(=O)C(C)(C)S(=O)(=O)N1CCOCC1. The number of rotatable bonds is 7. The number of amides is 1. The van der Waals surface area contributed by atoms with Crippen LogP contribution < -0.4 is 5.32 Å². The zero-order chi connectivity index (χ0) is 25.5. The van der Waals surface area contributed by atoms with Crippen LogP contribution in [0.25, 0.3) is 0 Å². The fourth-order valence-electron chi connectivity index (χ4n) is 5.87. The van der Waals surface area contributed by atoms with Crippen LogP contribution in [0.1, 0.15) is 45.1 Å². The zero-order valence-electron chi connectivity index (χ0n) is 20.4. The zero-order valence-corrected chi connectivity index (χ0v) is 21.2. The molecule has 196 valence electrons. The highest BCUT2D eigenvalue weighted by atomic mass is 32.2. The van der Waals surface area contributed by atoms with Gasteiger partial charge in [-0.15, -0.1) is 0 Å². The minimum absolute atomic E-state index is 0.0769. The predicted molar refractivity (Wildman–Crippen MR) is 125 cm³/mol. The maximum absolute atomic E-state index is 14.3. The maximum atomic E-state index is 14.3. The Morgan fingerprint density at radius 3 is 2.23 bits per heavy atom. The van der Waals surface area contributed by atoms with E-state index in [1.54, 1.807) is 11.9 Å². The fourth-order valence-corrected chi connectivity index (χ4v) is 7.47. The van der Waals surface area contributed by atoms with Gasteiger partial charge in [-0.2, -0.15) is 4.31 Å². The van der Waals surface area contributed by atoms with Gasteiger partial charge in [0.25, 0.3) is 0 Å². The first-order valence-electron chi connectivity index (χ1n) is 12.2. The standard InChI is InChI=1S/C24H34F3N3O4S/c1-24(2,35(32,33)29-6-8-34-9-7-29)23(31)30-17-4-5-18(30)11-16(10-17)22(28-3)13-15-12-20(26)21(27)14-19(15)25/h12,14,16-18,22,28H,4-11,13H2,1-3H3/t16?,17-,18?,22?/m0/s1. The summed E-state index contributed by atoms with van der Waals surface area (Å²) in [6, 6.07) is 1.05. The first kappa shape index (κ1) is 26.4. The predicted octanol–water partition coefficient (Wildman–Crippen LogP) is 2.44. The molecule has 0 spiro atoms. The molecule has 4 atom stereocenters. The van der Waals surface area contributed by atoms with Gasteiger partial charge in [0.15, 0.2) is 16.4 Å². The highest BCUT2D eigenvalue weighted by molar-refractivity contribution is 7.91. The summed E-state index contributed by atoms with van der Waals surface area (Å²) in [5.41, 5.74) is 0.104. The van der Waals surface area contributed by atoms with Crippen molar-refractivity contribution < 1.29 is 31.1 Å². The molecule has 3 saturated heterocycles. The third kappa shape index (κ3) is 4.84. The number of nitrogens with zero attached hydrogens (tertiary/aromatic N) is 2. The molecule has 1 amide bonds. The van der Waals surface area contributed by atoms with Crippen molar-refractivity contribution in [2.75, 3.05) is 33.4 Å². The van der Waals surface area contributed by atoms with E-state index in [0.29, 0.717) is 32.1 Å². The van der Waals surface area contributed by atoms with Crippen molar-refractivity contribution >= 4 is 15.9 Å². The van der Waals surface area contributed by atoms with Gasteiger partial charge in [-0.05, 0) is 70.5 Å². The van der Waals surface area contributed by atoms with Gasteiger partial charge in [0.05, 0.1) is 13.2 Å². The number of nitrogens with one attached hydrogen (secondary N) is 1. The topological polar surface area (TPSA) is 79.0 Å². The van der Waals surface area contributed by atoms with Crippen molar-refractivity contribution in [2.45, 2.75) is 68.8 Å². The summed E-state index contributed by atoms with van der Waals surface area (Å²) in [5.74, 6) is -3.39. The van der Waals surface area contributed by atoms with E-state index in [2.05, 4.69) is 5.32 Å². The average molecular weight is 518 g/mol. The minimum atomic E-state index is -3.87. The van der Waals surface area contributed by atoms with E-state index in [1.165, 1.54) is 18.2 Å². The van der Waals surface area contributed by atoms with Gasteiger partial charge in [-0.1, -0.05) is 0 Å². The van der Waals surface area contributed by atoms with Crippen LogP contribution in [0.5, 0.6) is 0 Å². The molecule has 3 aliphatic heterocycles. The molecule has 4 rings (SSSR count). The highest BCUT2D eigenvalue weighted by Crippen LogP contribution is 2.42. The molecule has 3 fully saturated rings. The van der Waals surface area contributed by atoms with Crippen LogP contribution in [0.3, 0.4) is 0 Å². The molecule has 0 aliphatic carbocycles. The number of benzene rings is 1. The number of likely N-dealkylation sites (N-methyl/N-ethyl adjacent to an activating group) is 1. The quantitative estimate of drug-likeness (QED) is 0.563. The van der Waals surface area contributed by atoms with Gasteiger partial charge in [-0.3, -0.25) is 4.79 Å². The Bertz CT molecular complexity index is 1050. The van der Waals surface area contributed by atoms with Crippen molar-refractivity contribution in [1.82, 2.24) is 14.5 Å². The van der Waals surface area contributed by atoms with E-state index in [1.807, 2.05) is 0 Å². The molecule has 1 aromatic carbocycles. The third-order valence-corrected chi connectivity index (χ3v) is 10.5. The Morgan fingerprint density at radius 1 is 1.09 bits per heavy atom. The molecule has 1 N–H and O–H groups in total. The monoisotopic (exact) mass is 517 g/mol. The number of morpholine rings is 1. The molecule has 3 heterocycles. The Kier molecular flexibility index (Phi) is 7.53. The Labute approximate surface area is 205 Å². The lowest BCUT2D eigenvalue weighted by atomic mass is 9.82. The van der Waals surface area contributed by atoms with E-state index >= 15 is 0 Å². The van der Waals surface area contributed by atoms with Crippen LogP contribution in [0.2, 0.25) is 0 Å². The first-order valence-corrected chi connectivity index (χ1v) is 13.6. The minimum Gasteiger partial charge on any atom is -0.379 e. The summed E-state index contributed by atoms with van der Waals surface area (Å²) in [6.07, 6.45) is 3.00. The Hall–Kier alpha value is -1.69. The van der Waals surface area contributed by atoms with Crippen LogP contribution in [0.15, 0.2) is 12.1 Å². The average Bonchev–Trinajstić information content (AvgIpc) is 3.09. The lowest BCUT2D eigenvalue weighted by Gasteiger charge is -2.45. The van der Waals surface area contributed by atoms with Gasteiger partial charge in [-0.25, -0.2) is 21.6 Å². The summed E-state index contributed by atoms with van der Waals surface area (Å²) in [5, 5.41) is 3.19. The number of sulfonamides is 1. The molecular formula is C24H34F3N3O4S. The third-order valence-electron chi connectivity index (χ3n) is 7.94. The first-order chi connectivity index (χ1) is 16.5. The number of fused-ring (bicyclic) bond motifs is 2. The number of piperidine rings is 1. The highest BCUT2D eigenvalue weighted by Gasteiger charge is 2.53. The molecule has 35 heavy (non-hydrogen) atoms. The molecule has 11 heteroatoms. The van der Waals surface area contributed by atoms with Crippen LogP contribution in [-0.2, 0) is 26.0 Å². The number of hydrogen-bond acceptors (Lipinski definition) is 5. The molecule has 0 saturated carbocycles. The van der Waals surface area contributed by atoms with E-state index < -0.39 is 32.2 Å². The molecule has 1 aromatic rings. The molecule has 7 nitrogen and oxygen atoms in total. The largest absolute Gasteiger partial charge is 0.379 e. The van der Waals surface area contributed by atoms with Crippen molar-refractivity contribution in [2.24, 2.45) is 5.92 Å². The van der Waals surface area contributed by atoms with Gasteiger partial charge < -0.3 is 15.0 Å². The smallest absolute Gasteiger partial charge is 0.245 e. The van der Waals surface area contributed by atoms with E-state index in [9.17, 15) is 26.4 Å². The summed E-state index contributed by atoms with van der Waals surface area (Å²) < 4.78 is 73.0. The Morgan fingerprint density at radius 2 is 1.66 bits per heavy atom. The molecule has 3 aliphatic rings. The Balaban J connectivity index is 1.49. The molecular weight excluding hydrogens is 483 g/mol. The van der Waals surface area contributed by atoms with Gasteiger partial charge in [0.1, 0.15) is 5.82 Å². The van der Waals surface area contributed by atoms with E-state index in [4.69, 9.17) is 4.74 Å². The second-order valence-corrected chi connectivity index (χ2v) is 12.8. The summed E-state index contributed by atoms with van der Waals surface area (Å²) in [6.45, 7) is 4.05. The lowest BCUT2D eigenvalue weighted by Crippen LogP contribution is -2.60. The lowest BCUT2D eigenvalue weighted by molar-refractivity contribution is -0.138. The summed E-state index contributed by atoms with van der Waals surface area (Å²) in [4.78, 5) is 15.4. The second-order valence-electron chi connectivity index (χ2n) is 10.3. The van der Waals surface area contributed by atoms with Crippen LogP contribution >= 0.6 is 0 Å². The summed E-state index contributed by atoms with van der Waals surface area (Å²) >= 11 is 0. The van der Waals surface area contributed by atoms with Crippen molar-refractivity contribution in [1.29, 1.82) is 0 Å². The maximum Gasteiger partial charge on any atom is 0.245 e. The fraction of sp³-hybridized carbons (Fsp3) is 0.708. The number of carbonyl (C=O) groups is 1. The molecule has 2 bridgehead atoms. The number of carbonyl (C=O) groups excluding carboxylic acids is 1. The normalized spacial score (nSPS) is 26.7. The molecule has 3 unspecified atom stereocenters. The molecule has 0 radical (unpaired) electrons. The van der Waals surface area contributed by atoms with Crippen LogP contribution in [0.4, 0.5) is 13.2 Å². The van der Waals surface area contributed by atoms with E-state index in [0.717, 1.165) is 18.9 Å². The number of hydrogen-bond donors (Lipinski definition) is 1. The number of halogens is 3. The van der Waals surface area contributed by atoms with Crippen molar-refractivity contribution in [3.05, 3.63) is 35.1 Å². The second kappa shape index (κ2) is 9.99. The molecule has 0 aromatic heterocycles. The van der Waals surface area contributed by atoms with Gasteiger partial charge in [0, 0.05) is 37.3 Å². The number of ether oxygens (including phenoxy) is 1. The van der Waals surface area contributed by atoms with Crippen LogP contribution in [-0.4, -0.2) is 79.8 Å². The van der Waals surface area contributed by atoms with Crippen LogP contribution in [0, 0.1) is 23.4 Å². The van der Waals surface area contributed by atoms with Crippen molar-refractivity contribution in [3.8, 4) is 0 Å². The summed E-state index contributed by atoms with van der Waals surface area (Å²) in [7, 11) is -2.12. The van der Waals surface area contributed by atoms with Crippen molar-refractivity contribution in [3.63, 3.8) is 0 Å². The van der Waals surface area contributed by atoms with Gasteiger partial charge in [0.2, 0.25) is 15.9 Å². The van der Waals surface area contributed by atoms with Gasteiger partial charge >= 0.3 is 0 Å².